The Labute approximate surface area is 142 Å². The molecule has 0 radical (unpaired) electrons. The lowest BCUT2D eigenvalue weighted by atomic mass is 10.1. The van der Waals surface area contributed by atoms with Crippen LogP contribution in [0.25, 0.3) is 0 Å². The minimum absolute atomic E-state index is 0.191. The smallest absolute Gasteiger partial charge is 0.330 e. The van der Waals surface area contributed by atoms with Crippen LogP contribution in [0.15, 0.2) is 0 Å². The van der Waals surface area contributed by atoms with Crippen LogP contribution in [0.4, 0.5) is 0 Å². The van der Waals surface area contributed by atoms with E-state index in [9.17, 15) is 9.36 Å². The molecule has 0 saturated heterocycles. The van der Waals surface area contributed by atoms with Gasteiger partial charge < -0.3 is 13.8 Å². The van der Waals surface area contributed by atoms with Gasteiger partial charge in [-0.15, -0.1) is 0 Å². The van der Waals surface area contributed by atoms with Gasteiger partial charge in [-0.25, -0.2) is 0 Å². The molecule has 0 fully saturated rings. The van der Waals surface area contributed by atoms with Crippen LogP contribution in [0, 0.1) is 0 Å². The van der Waals surface area contributed by atoms with Crippen LogP contribution in [0.2, 0.25) is 0 Å². The van der Waals surface area contributed by atoms with Gasteiger partial charge in [0, 0.05) is 6.92 Å². The van der Waals surface area contributed by atoms with Gasteiger partial charge >= 0.3 is 13.6 Å². The summed E-state index contributed by atoms with van der Waals surface area (Å²) in [5.41, 5.74) is 0. The van der Waals surface area contributed by atoms with E-state index >= 15 is 0 Å². The molecule has 23 heavy (non-hydrogen) atoms. The molecular weight excluding hydrogens is 315 g/mol. The minimum atomic E-state index is -2.84. The van der Waals surface area contributed by atoms with Gasteiger partial charge in [0.2, 0.25) is 0 Å². The first kappa shape index (κ1) is 22.6. The second kappa shape index (κ2) is 15.2. The Kier molecular flexibility index (Phi) is 14.9. The summed E-state index contributed by atoms with van der Waals surface area (Å²) in [4.78, 5) is 10.6. The number of hydrogen-bond acceptors (Lipinski definition) is 5. The van der Waals surface area contributed by atoms with Gasteiger partial charge in [-0.1, -0.05) is 44.9 Å². The van der Waals surface area contributed by atoms with Crippen molar-refractivity contribution in [1.29, 1.82) is 0 Å². The van der Waals surface area contributed by atoms with Crippen LogP contribution in [-0.4, -0.2) is 32.0 Å². The third-order valence-corrected chi connectivity index (χ3v) is 5.70. The number of carbonyl (C=O) groups is 1. The van der Waals surface area contributed by atoms with E-state index in [1.54, 1.807) is 0 Å². The summed E-state index contributed by atoms with van der Waals surface area (Å²) in [6, 6.07) is 0. The first-order chi connectivity index (χ1) is 11.0. The van der Waals surface area contributed by atoms with Gasteiger partial charge in [0.15, 0.2) is 0 Å². The molecule has 6 heteroatoms. The molecule has 0 aliphatic heterocycles. The summed E-state index contributed by atoms with van der Waals surface area (Å²) < 4.78 is 27.7. The van der Waals surface area contributed by atoms with E-state index < -0.39 is 7.60 Å². The van der Waals surface area contributed by atoms with Crippen molar-refractivity contribution in [2.75, 3.05) is 26.0 Å². The number of ether oxygens (including phenoxy) is 1. The van der Waals surface area contributed by atoms with Gasteiger partial charge in [0.05, 0.1) is 26.0 Å². The summed E-state index contributed by atoms with van der Waals surface area (Å²) in [6.45, 7) is 6.57. The van der Waals surface area contributed by atoms with Crippen molar-refractivity contribution in [2.24, 2.45) is 0 Å². The molecule has 0 rings (SSSR count). The highest BCUT2D eigenvalue weighted by molar-refractivity contribution is 7.53. The number of esters is 1. The fraction of sp³-hybridized carbons (Fsp3) is 0.941. The molecule has 0 unspecified atom stereocenters. The van der Waals surface area contributed by atoms with Crippen molar-refractivity contribution in [1.82, 2.24) is 0 Å². The number of unbranched alkanes of at least 4 members (excludes halogenated alkanes) is 8. The Morgan fingerprint density at radius 3 is 1.65 bits per heavy atom. The topological polar surface area (TPSA) is 61.8 Å². The quantitative estimate of drug-likeness (QED) is 0.214. The van der Waals surface area contributed by atoms with E-state index in [-0.39, 0.29) is 5.97 Å². The Bertz CT molecular complexity index is 323. The summed E-state index contributed by atoms with van der Waals surface area (Å²) in [6.07, 6.45) is 10.7. The van der Waals surface area contributed by atoms with E-state index in [4.69, 9.17) is 13.8 Å². The van der Waals surface area contributed by atoms with Crippen molar-refractivity contribution < 1.29 is 23.1 Å². The first-order valence-electron chi connectivity index (χ1n) is 9.05. The zero-order chi connectivity index (χ0) is 17.4. The lowest BCUT2D eigenvalue weighted by Crippen LogP contribution is -2.00. The van der Waals surface area contributed by atoms with E-state index in [1.807, 2.05) is 13.8 Å². The normalized spacial score (nSPS) is 11.6. The molecule has 0 bridgehead atoms. The molecule has 0 saturated carbocycles. The van der Waals surface area contributed by atoms with Crippen molar-refractivity contribution in [3.8, 4) is 0 Å². The van der Waals surface area contributed by atoms with Gasteiger partial charge in [-0.2, -0.15) is 0 Å². The maximum Gasteiger partial charge on any atom is 0.330 e. The van der Waals surface area contributed by atoms with Crippen molar-refractivity contribution in [3.05, 3.63) is 0 Å². The maximum absolute atomic E-state index is 12.2. The van der Waals surface area contributed by atoms with Crippen LogP contribution in [-0.2, 0) is 23.1 Å². The SMILES string of the molecule is CCOP(=O)(CCCCCCCCCCCOC(C)=O)OCC. The van der Waals surface area contributed by atoms with Gasteiger partial charge in [-0.05, 0) is 26.7 Å². The summed E-state index contributed by atoms with van der Waals surface area (Å²) in [5.74, 6) is -0.191. The number of hydrogen-bond donors (Lipinski definition) is 0. The molecule has 0 spiro atoms. The lowest BCUT2D eigenvalue weighted by Gasteiger charge is -2.16. The molecular formula is C17H35O5P. The highest BCUT2D eigenvalue weighted by atomic mass is 31.2. The molecule has 0 amide bonds. The molecule has 138 valence electrons. The summed E-state index contributed by atoms with van der Waals surface area (Å²) in [5, 5.41) is 0. The second-order valence-corrected chi connectivity index (χ2v) is 7.88. The predicted molar refractivity (Wildman–Crippen MR) is 93.9 cm³/mol. The van der Waals surface area contributed by atoms with Gasteiger partial charge in [0.1, 0.15) is 0 Å². The second-order valence-electron chi connectivity index (χ2n) is 5.69. The van der Waals surface area contributed by atoms with Crippen molar-refractivity contribution >= 4 is 13.6 Å². The zero-order valence-corrected chi connectivity index (χ0v) is 16.1. The van der Waals surface area contributed by atoms with Gasteiger partial charge in [0.25, 0.3) is 0 Å². The van der Waals surface area contributed by atoms with E-state index in [2.05, 4.69) is 0 Å². The summed E-state index contributed by atoms with van der Waals surface area (Å²) in [7, 11) is -2.84. The molecule has 0 atom stereocenters. The zero-order valence-electron chi connectivity index (χ0n) is 15.2. The third-order valence-electron chi connectivity index (χ3n) is 3.53. The molecule has 0 aromatic heterocycles. The standard InChI is InChI=1S/C17H35O5P/c1-4-21-23(19,22-5-2)16-14-12-10-8-6-7-9-11-13-15-20-17(3)18/h4-16H2,1-3H3. The Balaban J connectivity index is 3.38. The molecule has 0 N–H and O–H groups in total. The van der Waals surface area contributed by atoms with Gasteiger partial charge in [-0.3, -0.25) is 9.36 Å². The fourth-order valence-electron chi connectivity index (χ4n) is 2.42. The molecule has 0 aromatic carbocycles. The number of rotatable bonds is 16. The molecule has 0 aliphatic rings. The van der Waals surface area contributed by atoms with Crippen molar-refractivity contribution in [3.63, 3.8) is 0 Å². The van der Waals surface area contributed by atoms with Crippen LogP contribution >= 0.6 is 7.60 Å². The Hall–Kier alpha value is -0.380. The molecule has 0 aliphatic carbocycles. The Morgan fingerprint density at radius 1 is 0.783 bits per heavy atom. The molecule has 0 aromatic rings. The average molecular weight is 350 g/mol. The monoisotopic (exact) mass is 350 g/mol. The third kappa shape index (κ3) is 14.9. The van der Waals surface area contributed by atoms with E-state index in [0.29, 0.717) is 26.0 Å². The highest BCUT2D eigenvalue weighted by Gasteiger charge is 2.22. The van der Waals surface area contributed by atoms with E-state index in [1.165, 1.54) is 39.0 Å². The number of carbonyl (C=O) groups excluding carboxylic acids is 1. The lowest BCUT2D eigenvalue weighted by molar-refractivity contribution is -0.141. The first-order valence-corrected chi connectivity index (χ1v) is 10.8. The molecule has 5 nitrogen and oxygen atoms in total. The largest absolute Gasteiger partial charge is 0.466 e. The van der Waals surface area contributed by atoms with Crippen LogP contribution in [0.5, 0.6) is 0 Å². The van der Waals surface area contributed by atoms with Crippen LogP contribution in [0.3, 0.4) is 0 Å². The van der Waals surface area contributed by atoms with Crippen LogP contribution in [0.1, 0.15) is 78.6 Å². The Morgan fingerprint density at radius 2 is 1.22 bits per heavy atom. The molecule has 0 heterocycles. The predicted octanol–water partition coefficient (Wildman–Crippen LogP) is 5.33. The van der Waals surface area contributed by atoms with Crippen LogP contribution < -0.4 is 0 Å². The highest BCUT2D eigenvalue weighted by Crippen LogP contribution is 2.48. The maximum atomic E-state index is 12.2. The average Bonchev–Trinajstić information content (AvgIpc) is 2.48. The summed E-state index contributed by atoms with van der Waals surface area (Å²) >= 11 is 0. The fourth-order valence-corrected chi connectivity index (χ4v) is 4.15. The minimum Gasteiger partial charge on any atom is -0.466 e. The van der Waals surface area contributed by atoms with E-state index in [0.717, 1.165) is 25.7 Å². The van der Waals surface area contributed by atoms with Crippen molar-refractivity contribution in [2.45, 2.75) is 78.6 Å².